The standard InChI is InChI=1S/C18H22ClN3O2/c1-12-3-2-4-15(11-12)20-16(23)9-10-17-21-18(22-24-17)13-5-7-14(19)8-6-13/h5-8,12,15H,2-4,9-11H2,1H3,(H,20,23). The minimum Gasteiger partial charge on any atom is -0.353 e. The van der Waals surface area contributed by atoms with Crippen LogP contribution in [-0.2, 0) is 11.2 Å². The Bertz CT molecular complexity index is 684. The van der Waals surface area contributed by atoms with Crippen molar-refractivity contribution >= 4 is 17.5 Å². The molecule has 24 heavy (non-hydrogen) atoms. The molecular weight excluding hydrogens is 326 g/mol. The predicted molar refractivity (Wildman–Crippen MR) is 92.6 cm³/mol. The van der Waals surface area contributed by atoms with Gasteiger partial charge in [0.05, 0.1) is 0 Å². The Morgan fingerprint density at radius 3 is 2.88 bits per heavy atom. The number of amides is 1. The van der Waals surface area contributed by atoms with E-state index in [2.05, 4.69) is 22.4 Å². The lowest BCUT2D eigenvalue weighted by Gasteiger charge is -2.27. The summed E-state index contributed by atoms with van der Waals surface area (Å²) in [4.78, 5) is 16.4. The zero-order valence-electron chi connectivity index (χ0n) is 13.8. The van der Waals surface area contributed by atoms with E-state index in [-0.39, 0.29) is 5.91 Å². The van der Waals surface area contributed by atoms with Crippen LogP contribution in [0.1, 0.15) is 44.9 Å². The van der Waals surface area contributed by atoms with E-state index in [1.54, 1.807) is 12.1 Å². The van der Waals surface area contributed by atoms with Crippen molar-refractivity contribution in [3.8, 4) is 11.4 Å². The maximum Gasteiger partial charge on any atom is 0.227 e. The fraction of sp³-hybridized carbons (Fsp3) is 0.500. The van der Waals surface area contributed by atoms with Crippen molar-refractivity contribution in [3.63, 3.8) is 0 Å². The number of rotatable bonds is 5. The second kappa shape index (κ2) is 7.79. The molecule has 1 aliphatic carbocycles. The number of carbonyl (C=O) groups excluding carboxylic acids is 1. The fourth-order valence-electron chi connectivity index (χ4n) is 3.16. The van der Waals surface area contributed by atoms with Crippen LogP contribution in [0.3, 0.4) is 0 Å². The molecule has 6 heteroatoms. The summed E-state index contributed by atoms with van der Waals surface area (Å²) in [5.41, 5.74) is 0.843. The van der Waals surface area contributed by atoms with E-state index in [0.717, 1.165) is 18.4 Å². The van der Waals surface area contributed by atoms with E-state index in [9.17, 15) is 4.79 Å². The van der Waals surface area contributed by atoms with E-state index in [0.29, 0.717) is 41.5 Å². The van der Waals surface area contributed by atoms with E-state index in [1.165, 1.54) is 12.8 Å². The maximum atomic E-state index is 12.1. The van der Waals surface area contributed by atoms with Gasteiger partial charge in [-0.15, -0.1) is 0 Å². The summed E-state index contributed by atoms with van der Waals surface area (Å²) >= 11 is 5.87. The molecule has 2 aromatic rings. The lowest BCUT2D eigenvalue weighted by Crippen LogP contribution is -2.38. The Kier molecular flexibility index (Phi) is 5.51. The fourth-order valence-corrected chi connectivity index (χ4v) is 3.28. The third-order valence-corrected chi connectivity index (χ3v) is 4.69. The van der Waals surface area contributed by atoms with Gasteiger partial charge in [-0.25, -0.2) is 0 Å². The number of hydrogen-bond acceptors (Lipinski definition) is 4. The molecule has 1 N–H and O–H groups in total. The first-order valence-corrected chi connectivity index (χ1v) is 8.86. The van der Waals surface area contributed by atoms with Crippen LogP contribution in [0, 0.1) is 5.92 Å². The molecule has 1 amide bonds. The van der Waals surface area contributed by atoms with E-state index in [4.69, 9.17) is 16.1 Å². The molecule has 2 atom stereocenters. The first-order valence-electron chi connectivity index (χ1n) is 8.48. The quantitative estimate of drug-likeness (QED) is 0.887. The van der Waals surface area contributed by atoms with Gasteiger partial charge in [0.2, 0.25) is 17.6 Å². The number of nitrogens with zero attached hydrogens (tertiary/aromatic N) is 2. The van der Waals surface area contributed by atoms with Gasteiger partial charge >= 0.3 is 0 Å². The molecule has 5 nitrogen and oxygen atoms in total. The lowest BCUT2D eigenvalue weighted by molar-refractivity contribution is -0.122. The van der Waals surface area contributed by atoms with Gasteiger partial charge in [0.1, 0.15) is 0 Å². The van der Waals surface area contributed by atoms with Crippen LogP contribution in [0.15, 0.2) is 28.8 Å². The Balaban J connectivity index is 1.50. The first kappa shape index (κ1) is 17.0. The van der Waals surface area contributed by atoms with Gasteiger partial charge in [0.25, 0.3) is 0 Å². The van der Waals surface area contributed by atoms with Crippen LogP contribution in [0.5, 0.6) is 0 Å². The molecule has 1 aromatic heterocycles. The molecule has 2 unspecified atom stereocenters. The SMILES string of the molecule is CC1CCCC(NC(=O)CCc2nc(-c3ccc(Cl)cc3)no2)C1. The van der Waals surface area contributed by atoms with E-state index < -0.39 is 0 Å². The molecule has 3 rings (SSSR count). The number of benzene rings is 1. The molecule has 0 saturated heterocycles. The molecule has 1 aliphatic rings. The summed E-state index contributed by atoms with van der Waals surface area (Å²) in [5, 5.41) is 7.74. The highest BCUT2D eigenvalue weighted by molar-refractivity contribution is 6.30. The molecule has 1 saturated carbocycles. The van der Waals surface area contributed by atoms with Crippen LogP contribution in [0.25, 0.3) is 11.4 Å². The van der Waals surface area contributed by atoms with Gasteiger partial charge in [0.15, 0.2) is 0 Å². The molecule has 128 valence electrons. The van der Waals surface area contributed by atoms with Crippen molar-refractivity contribution in [2.24, 2.45) is 5.92 Å². The van der Waals surface area contributed by atoms with Crippen molar-refractivity contribution < 1.29 is 9.32 Å². The van der Waals surface area contributed by atoms with Gasteiger partial charge in [-0.3, -0.25) is 4.79 Å². The molecule has 0 aliphatic heterocycles. The zero-order chi connectivity index (χ0) is 16.9. The van der Waals surface area contributed by atoms with Crippen LogP contribution in [-0.4, -0.2) is 22.1 Å². The van der Waals surface area contributed by atoms with E-state index in [1.807, 2.05) is 12.1 Å². The smallest absolute Gasteiger partial charge is 0.227 e. The van der Waals surface area contributed by atoms with Crippen molar-refractivity contribution in [2.75, 3.05) is 0 Å². The van der Waals surface area contributed by atoms with Crippen LogP contribution < -0.4 is 5.32 Å². The third-order valence-electron chi connectivity index (χ3n) is 4.44. The third kappa shape index (κ3) is 4.57. The van der Waals surface area contributed by atoms with Crippen molar-refractivity contribution in [2.45, 2.75) is 51.5 Å². The lowest BCUT2D eigenvalue weighted by atomic mass is 9.87. The molecule has 0 radical (unpaired) electrons. The highest BCUT2D eigenvalue weighted by Crippen LogP contribution is 2.23. The molecular formula is C18H22ClN3O2. The number of aromatic nitrogens is 2. The number of carbonyl (C=O) groups is 1. The number of nitrogens with one attached hydrogen (secondary N) is 1. The van der Waals surface area contributed by atoms with Crippen molar-refractivity contribution in [3.05, 3.63) is 35.2 Å². The maximum absolute atomic E-state index is 12.1. The average Bonchev–Trinajstić information content (AvgIpc) is 3.03. The second-order valence-corrected chi connectivity index (χ2v) is 6.99. The highest BCUT2D eigenvalue weighted by atomic mass is 35.5. The van der Waals surface area contributed by atoms with Gasteiger partial charge in [-0.2, -0.15) is 4.98 Å². The molecule has 1 heterocycles. The zero-order valence-corrected chi connectivity index (χ0v) is 14.6. The minimum absolute atomic E-state index is 0.0559. The van der Waals surface area contributed by atoms with Gasteiger partial charge in [0, 0.05) is 29.5 Å². The van der Waals surface area contributed by atoms with Crippen molar-refractivity contribution in [1.29, 1.82) is 0 Å². The Labute approximate surface area is 146 Å². The highest BCUT2D eigenvalue weighted by Gasteiger charge is 2.20. The van der Waals surface area contributed by atoms with Crippen LogP contribution in [0.4, 0.5) is 0 Å². The summed E-state index contributed by atoms with van der Waals surface area (Å²) in [7, 11) is 0. The number of halogens is 1. The topological polar surface area (TPSA) is 68.0 Å². The summed E-state index contributed by atoms with van der Waals surface area (Å²) < 4.78 is 5.23. The van der Waals surface area contributed by atoms with Gasteiger partial charge in [-0.1, -0.05) is 36.5 Å². The summed E-state index contributed by atoms with van der Waals surface area (Å²) in [6.07, 6.45) is 5.44. The van der Waals surface area contributed by atoms with Crippen LogP contribution >= 0.6 is 11.6 Å². The van der Waals surface area contributed by atoms with Crippen molar-refractivity contribution in [1.82, 2.24) is 15.5 Å². The molecule has 0 spiro atoms. The van der Waals surface area contributed by atoms with E-state index >= 15 is 0 Å². The Morgan fingerprint density at radius 1 is 1.33 bits per heavy atom. The molecule has 1 fully saturated rings. The number of hydrogen-bond donors (Lipinski definition) is 1. The second-order valence-electron chi connectivity index (χ2n) is 6.55. The van der Waals surface area contributed by atoms with Crippen LogP contribution in [0.2, 0.25) is 5.02 Å². The Morgan fingerprint density at radius 2 is 2.12 bits per heavy atom. The predicted octanol–water partition coefficient (Wildman–Crippen LogP) is 4.02. The number of aryl methyl sites for hydroxylation is 1. The normalized spacial score (nSPS) is 20.8. The summed E-state index contributed by atoms with van der Waals surface area (Å²) in [6.45, 7) is 2.25. The Hall–Kier alpha value is -1.88. The monoisotopic (exact) mass is 347 g/mol. The summed E-state index contributed by atoms with van der Waals surface area (Å²) in [6, 6.07) is 7.56. The van der Waals surface area contributed by atoms with Gasteiger partial charge in [-0.05, 0) is 43.0 Å². The molecule has 1 aromatic carbocycles. The minimum atomic E-state index is 0.0559. The molecule has 0 bridgehead atoms. The largest absolute Gasteiger partial charge is 0.353 e. The van der Waals surface area contributed by atoms with Gasteiger partial charge < -0.3 is 9.84 Å². The summed E-state index contributed by atoms with van der Waals surface area (Å²) in [5.74, 6) is 1.75. The average molecular weight is 348 g/mol. The first-order chi connectivity index (χ1) is 11.6.